The second kappa shape index (κ2) is 8.70. The Hall–Kier alpha value is -2.55. The summed E-state index contributed by atoms with van der Waals surface area (Å²) in [6.45, 7) is 4.63. The number of rotatable bonds is 8. The second-order valence-corrected chi connectivity index (χ2v) is 6.71. The van der Waals surface area contributed by atoms with Crippen molar-refractivity contribution in [1.29, 1.82) is 0 Å². The molecule has 1 aliphatic carbocycles. The van der Waals surface area contributed by atoms with E-state index in [0.717, 1.165) is 18.4 Å². The fourth-order valence-corrected chi connectivity index (χ4v) is 3.34. The third-order valence-electron chi connectivity index (χ3n) is 4.67. The van der Waals surface area contributed by atoms with Crippen molar-refractivity contribution in [3.8, 4) is 0 Å². The molecule has 0 saturated heterocycles. The number of aryl methyl sites for hydroxylation is 1. The molecule has 2 aromatic rings. The summed E-state index contributed by atoms with van der Waals surface area (Å²) in [5, 5.41) is 2.84. The lowest BCUT2D eigenvalue weighted by molar-refractivity contribution is 0.0980. The van der Waals surface area contributed by atoms with E-state index >= 15 is 0 Å². The number of nitrogens with one attached hydrogen (secondary N) is 1. The molecular formula is C23H26NO2. The maximum absolute atomic E-state index is 12.3. The molecule has 3 heteroatoms. The van der Waals surface area contributed by atoms with Gasteiger partial charge in [-0.2, -0.15) is 0 Å². The molecule has 3 rings (SSSR count). The molecule has 0 heterocycles. The van der Waals surface area contributed by atoms with Gasteiger partial charge in [0.25, 0.3) is 0 Å². The van der Waals surface area contributed by atoms with Crippen molar-refractivity contribution in [2.75, 3.05) is 0 Å². The summed E-state index contributed by atoms with van der Waals surface area (Å²) in [5.41, 5.74) is 4.90. The average molecular weight is 348 g/mol. The Balaban J connectivity index is 1.65. The van der Waals surface area contributed by atoms with Gasteiger partial charge in [0.2, 0.25) is 0 Å². The van der Waals surface area contributed by atoms with Crippen LogP contribution in [0, 0.1) is 6.42 Å². The second-order valence-electron chi connectivity index (χ2n) is 6.71. The van der Waals surface area contributed by atoms with Crippen LogP contribution in [0.1, 0.15) is 42.9 Å². The summed E-state index contributed by atoms with van der Waals surface area (Å²) in [6, 6.07) is 18.3. The van der Waals surface area contributed by atoms with Crippen LogP contribution in [-0.2, 0) is 17.7 Å². The van der Waals surface area contributed by atoms with Crippen LogP contribution < -0.4 is 5.32 Å². The maximum Gasteiger partial charge on any atom is 0.407 e. The summed E-state index contributed by atoms with van der Waals surface area (Å²) in [4.78, 5) is 12.3. The molecule has 2 aromatic carbocycles. The van der Waals surface area contributed by atoms with Crippen LogP contribution in [0.3, 0.4) is 0 Å². The number of alkyl carbamates (subject to hydrolysis) is 1. The smallest absolute Gasteiger partial charge is 0.407 e. The molecule has 0 fully saturated rings. The van der Waals surface area contributed by atoms with Gasteiger partial charge in [-0.05, 0) is 30.0 Å². The average Bonchev–Trinajstić information content (AvgIpc) is 3.48. The van der Waals surface area contributed by atoms with Gasteiger partial charge >= 0.3 is 6.09 Å². The third kappa shape index (κ3) is 4.75. The van der Waals surface area contributed by atoms with Gasteiger partial charge in [-0.3, -0.25) is 0 Å². The molecule has 2 atom stereocenters. The zero-order valence-electron chi connectivity index (χ0n) is 15.4. The zero-order chi connectivity index (χ0) is 18.4. The summed E-state index contributed by atoms with van der Waals surface area (Å²) in [6.07, 6.45) is 5.74. The molecule has 1 N–H and O–H groups in total. The molecule has 26 heavy (non-hydrogen) atoms. The first-order chi connectivity index (χ1) is 12.7. The number of amides is 1. The van der Waals surface area contributed by atoms with Crippen molar-refractivity contribution in [3.63, 3.8) is 0 Å². The Kier molecular flexibility index (Phi) is 6.11. The van der Waals surface area contributed by atoms with E-state index in [1.807, 2.05) is 37.3 Å². The van der Waals surface area contributed by atoms with Gasteiger partial charge in [0.05, 0.1) is 0 Å². The highest BCUT2D eigenvalue weighted by Gasteiger charge is 2.31. The number of carbonyl (C=O) groups is 1. The van der Waals surface area contributed by atoms with E-state index in [2.05, 4.69) is 49.0 Å². The molecular weight excluding hydrogens is 322 g/mol. The fourth-order valence-electron chi connectivity index (χ4n) is 3.34. The van der Waals surface area contributed by atoms with Crippen LogP contribution in [-0.4, -0.2) is 12.2 Å². The van der Waals surface area contributed by atoms with Gasteiger partial charge in [0.15, 0.2) is 0 Å². The quantitative estimate of drug-likeness (QED) is 0.713. The molecule has 135 valence electrons. The van der Waals surface area contributed by atoms with Crippen molar-refractivity contribution in [1.82, 2.24) is 5.32 Å². The van der Waals surface area contributed by atoms with Crippen LogP contribution in [0.4, 0.5) is 4.79 Å². The summed E-state index contributed by atoms with van der Waals surface area (Å²) in [5.74, 6) is 0.0974. The standard InChI is InChI=1S/C23H26NO2/c1-3-9-19-12-7-8-13-21(19)22(20-14-15-20)17(2)26-23(25)24-16-18-10-5-4-6-11-18/h4-8,10-15,17,22H,3,9,16H2,1-2H3,(H,24,25)/t17-,22-/m1/s1. The van der Waals surface area contributed by atoms with Crippen LogP contribution in [0.2, 0.25) is 0 Å². The Bertz CT molecular complexity index is 767. The highest BCUT2D eigenvalue weighted by atomic mass is 16.6. The highest BCUT2D eigenvalue weighted by molar-refractivity contribution is 5.67. The Morgan fingerprint density at radius 3 is 2.46 bits per heavy atom. The van der Waals surface area contributed by atoms with E-state index in [1.54, 1.807) is 0 Å². The van der Waals surface area contributed by atoms with Crippen LogP contribution in [0.15, 0.2) is 66.2 Å². The molecule has 0 unspecified atom stereocenters. The van der Waals surface area contributed by atoms with Gasteiger partial charge in [-0.15, -0.1) is 0 Å². The minimum atomic E-state index is -0.374. The molecule has 1 amide bonds. The van der Waals surface area contributed by atoms with E-state index < -0.39 is 0 Å². The maximum atomic E-state index is 12.3. The molecule has 1 radical (unpaired) electrons. The highest BCUT2D eigenvalue weighted by Crippen LogP contribution is 2.40. The lowest BCUT2D eigenvalue weighted by Crippen LogP contribution is -2.30. The molecule has 0 bridgehead atoms. The van der Waals surface area contributed by atoms with Gasteiger partial charge in [0, 0.05) is 18.9 Å². The van der Waals surface area contributed by atoms with Gasteiger partial charge in [-0.25, -0.2) is 4.79 Å². The van der Waals surface area contributed by atoms with Gasteiger partial charge < -0.3 is 10.1 Å². The number of benzene rings is 2. The Morgan fingerprint density at radius 1 is 1.08 bits per heavy atom. The summed E-state index contributed by atoms with van der Waals surface area (Å²) in [7, 11) is 0. The normalized spacial score (nSPS) is 14.9. The third-order valence-corrected chi connectivity index (χ3v) is 4.67. The molecule has 0 spiro atoms. The van der Waals surface area contributed by atoms with E-state index in [9.17, 15) is 4.79 Å². The first kappa shape index (κ1) is 18.2. The Labute approximate surface area is 156 Å². The molecule has 1 aliphatic rings. The number of allylic oxidation sites excluding steroid dienone is 1. The van der Waals surface area contributed by atoms with Crippen LogP contribution >= 0.6 is 0 Å². The molecule has 0 aromatic heterocycles. The van der Waals surface area contributed by atoms with Crippen molar-refractivity contribution in [3.05, 3.63) is 89.4 Å². The van der Waals surface area contributed by atoms with E-state index in [4.69, 9.17) is 4.74 Å². The number of ether oxygens (including phenoxy) is 1. The zero-order valence-corrected chi connectivity index (χ0v) is 15.4. The topological polar surface area (TPSA) is 38.3 Å². The minimum absolute atomic E-state index is 0.0974. The lowest BCUT2D eigenvalue weighted by Gasteiger charge is -2.25. The molecule has 0 aliphatic heterocycles. The first-order valence-corrected chi connectivity index (χ1v) is 9.30. The summed E-state index contributed by atoms with van der Waals surface area (Å²) >= 11 is 0. The monoisotopic (exact) mass is 348 g/mol. The van der Waals surface area contributed by atoms with Gasteiger partial charge in [0.1, 0.15) is 6.10 Å². The fraction of sp³-hybridized carbons (Fsp3) is 0.304. The SMILES string of the molecule is CCCc1ccccc1[C@@H](C1=C[CH]1)[C@@H](C)OC(=O)NCc1ccccc1. The minimum Gasteiger partial charge on any atom is -0.446 e. The van der Waals surface area contributed by atoms with Crippen LogP contribution in [0.25, 0.3) is 0 Å². The lowest BCUT2D eigenvalue weighted by atomic mass is 9.86. The van der Waals surface area contributed by atoms with Crippen molar-refractivity contribution in [2.45, 2.75) is 45.3 Å². The van der Waals surface area contributed by atoms with E-state index in [0.29, 0.717) is 6.54 Å². The predicted molar refractivity (Wildman–Crippen MR) is 105 cm³/mol. The van der Waals surface area contributed by atoms with E-state index in [-0.39, 0.29) is 18.1 Å². The number of hydrogen-bond acceptors (Lipinski definition) is 2. The molecule has 3 nitrogen and oxygen atoms in total. The van der Waals surface area contributed by atoms with Crippen molar-refractivity contribution < 1.29 is 9.53 Å². The van der Waals surface area contributed by atoms with Gasteiger partial charge in [-0.1, -0.05) is 79.6 Å². The van der Waals surface area contributed by atoms with E-state index in [1.165, 1.54) is 16.7 Å². The van der Waals surface area contributed by atoms with Crippen molar-refractivity contribution in [2.24, 2.45) is 0 Å². The predicted octanol–water partition coefficient (Wildman–Crippen LogP) is 5.18. The van der Waals surface area contributed by atoms with Crippen molar-refractivity contribution >= 4 is 6.09 Å². The van der Waals surface area contributed by atoms with Crippen LogP contribution in [0.5, 0.6) is 0 Å². The number of hydrogen-bond donors (Lipinski definition) is 1. The molecule has 0 saturated carbocycles. The first-order valence-electron chi connectivity index (χ1n) is 9.30. The summed E-state index contributed by atoms with van der Waals surface area (Å²) < 4.78 is 5.71. The number of carbonyl (C=O) groups excluding carboxylic acids is 1. The Morgan fingerprint density at radius 2 is 1.77 bits per heavy atom. The largest absolute Gasteiger partial charge is 0.446 e.